The lowest BCUT2D eigenvalue weighted by Crippen LogP contribution is -2.22. The molecule has 0 bridgehead atoms. The summed E-state index contributed by atoms with van der Waals surface area (Å²) in [6.45, 7) is 5.59. The predicted octanol–water partition coefficient (Wildman–Crippen LogP) is 3.20. The third-order valence-electron chi connectivity index (χ3n) is 2.23. The fourth-order valence-electron chi connectivity index (χ4n) is 1.33. The van der Waals surface area contributed by atoms with Gasteiger partial charge in [-0.3, -0.25) is 0 Å². The van der Waals surface area contributed by atoms with Gasteiger partial charge in [0, 0.05) is 36.2 Å². The Labute approximate surface area is 113 Å². The number of benzene rings is 1. The van der Waals surface area contributed by atoms with Crippen LogP contribution in [-0.2, 0) is 10.5 Å². The van der Waals surface area contributed by atoms with E-state index in [0.717, 1.165) is 42.8 Å². The average Bonchev–Trinajstić information content (AvgIpc) is 2.35. The van der Waals surface area contributed by atoms with E-state index >= 15 is 0 Å². The maximum absolute atomic E-state index is 5.83. The summed E-state index contributed by atoms with van der Waals surface area (Å²) in [5, 5.41) is 4.15. The number of hydrogen-bond acceptors (Lipinski definition) is 3. The molecule has 1 aromatic carbocycles. The smallest absolute Gasteiger partial charge is 0.0590 e. The highest BCUT2D eigenvalue weighted by Crippen LogP contribution is 2.14. The second-order valence-electron chi connectivity index (χ2n) is 3.63. The summed E-state index contributed by atoms with van der Waals surface area (Å²) in [5.41, 5.74) is 1.33. The first-order valence-electron chi connectivity index (χ1n) is 5.93. The Balaban J connectivity index is 1.95. The first kappa shape index (κ1) is 14.8. The average molecular weight is 274 g/mol. The quantitative estimate of drug-likeness (QED) is 0.698. The number of nitrogens with one attached hydrogen (secondary N) is 1. The normalized spacial score (nSPS) is 10.7. The molecule has 96 valence electrons. The maximum Gasteiger partial charge on any atom is 0.0590 e. The van der Waals surface area contributed by atoms with Gasteiger partial charge < -0.3 is 10.1 Å². The minimum Gasteiger partial charge on any atom is -0.380 e. The highest BCUT2D eigenvalue weighted by molar-refractivity contribution is 7.98. The van der Waals surface area contributed by atoms with Crippen LogP contribution >= 0.6 is 23.4 Å². The van der Waals surface area contributed by atoms with Gasteiger partial charge in [-0.2, -0.15) is 11.8 Å². The van der Waals surface area contributed by atoms with Crippen LogP contribution in [0.2, 0.25) is 5.02 Å². The molecule has 1 N–H and O–H groups in total. The second-order valence-corrected chi connectivity index (χ2v) is 5.17. The third-order valence-corrected chi connectivity index (χ3v) is 3.51. The summed E-state index contributed by atoms with van der Waals surface area (Å²) in [6, 6.07) is 8.05. The number of ether oxygens (including phenoxy) is 1. The van der Waals surface area contributed by atoms with E-state index in [1.54, 1.807) is 0 Å². The van der Waals surface area contributed by atoms with Crippen molar-refractivity contribution in [3.8, 4) is 0 Å². The van der Waals surface area contributed by atoms with Crippen LogP contribution in [0.15, 0.2) is 24.3 Å². The van der Waals surface area contributed by atoms with Crippen LogP contribution in [0.25, 0.3) is 0 Å². The molecule has 0 aliphatic carbocycles. The van der Waals surface area contributed by atoms with E-state index in [-0.39, 0.29) is 0 Å². The van der Waals surface area contributed by atoms with Crippen LogP contribution in [-0.4, -0.2) is 32.1 Å². The molecule has 0 aliphatic heterocycles. The summed E-state index contributed by atoms with van der Waals surface area (Å²) >= 11 is 7.76. The van der Waals surface area contributed by atoms with E-state index in [2.05, 4.69) is 17.4 Å². The van der Waals surface area contributed by atoms with E-state index in [1.165, 1.54) is 5.56 Å². The van der Waals surface area contributed by atoms with E-state index in [9.17, 15) is 0 Å². The lowest BCUT2D eigenvalue weighted by atomic mass is 10.2. The van der Waals surface area contributed by atoms with E-state index in [4.69, 9.17) is 16.3 Å². The van der Waals surface area contributed by atoms with Crippen molar-refractivity contribution < 1.29 is 4.74 Å². The molecular weight excluding hydrogens is 254 g/mol. The zero-order valence-electron chi connectivity index (χ0n) is 10.2. The summed E-state index contributed by atoms with van der Waals surface area (Å²) in [6.07, 6.45) is 0. The van der Waals surface area contributed by atoms with Gasteiger partial charge in [0.2, 0.25) is 0 Å². The molecule has 0 spiro atoms. The molecule has 0 radical (unpaired) electrons. The second kappa shape index (κ2) is 9.77. The molecule has 0 saturated heterocycles. The van der Waals surface area contributed by atoms with Crippen LogP contribution < -0.4 is 5.32 Å². The molecular formula is C13H20ClNOS. The molecule has 4 heteroatoms. The van der Waals surface area contributed by atoms with Crippen molar-refractivity contribution in [2.75, 3.05) is 32.1 Å². The maximum atomic E-state index is 5.83. The Morgan fingerprint density at radius 2 is 2.00 bits per heavy atom. The standard InChI is InChI=1S/C13H20ClNOS/c1-2-16-9-7-15-8-10-17-11-12-3-5-13(14)6-4-12/h3-6,15H,2,7-11H2,1H3. The molecule has 1 aromatic rings. The monoisotopic (exact) mass is 273 g/mol. The van der Waals surface area contributed by atoms with Gasteiger partial charge in [-0.15, -0.1) is 0 Å². The Morgan fingerprint density at radius 1 is 1.24 bits per heavy atom. The SMILES string of the molecule is CCOCCNCCSCc1ccc(Cl)cc1. The Kier molecular flexibility index (Phi) is 8.53. The molecule has 0 fully saturated rings. The lowest BCUT2D eigenvalue weighted by molar-refractivity contribution is 0.150. The number of halogens is 1. The van der Waals surface area contributed by atoms with Crippen molar-refractivity contribution in [2.45, 2.75) is 12.7 Å². The largest absolute Gasteiger partial charge is 0.380 e. The van der Waals surface area contributed by atoms with E-state index in [0.29, 0.717) is 0 Å². The Morgan fingerprint density at radius 3 is 2.71 bits per heavy atom. The van der Waals surface area contributed by atoms with Gasteiger partial charge in [-0.05, 0) is 24.6 Å². The molecule has 0 unspecified atom stereocenters. The number of hydrogen-bond donors (Lipinski definition) is 1. The van der Waals surface area contributed by atoms with Crippen LogP contribution in [0.1, 0.15) is 12.5 Å². The highest BCUT2D eigenvalue weighted by atomic mass is 35.5. The van der Waals surface area contributed by atoms with Crippen molar-refractivity contribution in [2.24, 2.45) is 0 Å². The van der Waals surface area contributed by atoms with Gasteiger partial charge in [-0.25, -0.2) is 0 Å². The summed E-state index contributed by atoms with van der Waals surface area (Å²) in [4.78, 5) is 0. The van der Waals surface area contributed by atoms with Crippen molar-refractivity contribution in [3.05, 3.63) is 34.9 Å². The zero-order chi connectivity index (χ0) is 12.3. The van der Waals surface area contributed by atoms with Crippen molar-refractivity contribution >= 4 is 23.4 Å². The van der Waals surface area contributed by atoms with Crippen molar-refractivity contribution in [1.29, 1.82) is 0 Å². The third kappa shape index (κ3) is 7.66. The van der Waals surface area contributed by atoms with Gasteiger partial charge in [-0.1, -0.05) is 23.7 Å². The van der Waals surface area contributed by atoms with Gasteiger partial charge in [0.15, 0.2) is 0 Å². The van der Waals surface area contributed by atoms with E-state index < -0.39 is 0 Å². The minimum atomic E-state index is 0.799. The molecule has 2 nitrogen and oxygen atoms in total. The molecule has 0 aromatic heterocycles. The van der Waals surface area contributed by atoms with Gasteiger partial charge in [0.05, 0.1) is 6.61 Å². The molecule has 1 rings (SSSR count). The molecule has 0 heterocycles. The number of rotatable bonds is 9. The molecule has 0 aliphatic rings. The summed E-state index contributed by atoms with van der Waals surface area (Å²) in [5.74, 6) is 2.17. The fraction of sp³-hybridized carbons (Fsp3) is 0.538. The number of thioether (sulfide) groups is 1. The minimum absolute atomic E-state index is 0.799. The Bertz CT molecular complexity index is 292. The van der Waals surface area contributed by atoms with Crippen molar-refractivity contribution in [1.82, 2.24) is 5.32 Å². The van der Waals surface area contributed by atoms with Crippen LogP contribution in [0, 0.1) is 0 Å². The molecule has 0 atom stereocenters. The van der Waals surface area contributed by atoms with Crippen LogP contribution in [0.4, 0.5) is 0 Å². The summed E-state index contributed by atoms with van der Waals surface area (Å²) in [7, 11) is 0. The lowest BCUT2D eigenvalue weighted by Gasteiger charge is -2.05. The molecule has 0 saturated carbocycles. The van der Waals surface area contributed by atoms with Crippen LogP contribution in [0.5, 0.6) is 0 Å². The van der Waals surface area contributed by atoms with Gasteiger partial charge >= 0.3 is 0 Å². The van der Waals surface area contributed by atoms with Crippen molar-refractivity contribution in [3.63, 3.8) is 0 Å². The fourth-order valence-corrected chi connectivity index (χ4v) is 2.32. The summed E-state index contributed by atoms with van der Waals surface area (Å²) < 4.78 is 5.24. The Hall–Kier alpha value is -0.220. The topological polar surface area (TPSA) is 21.3 Å². The first-order chi connectivity index (χ1) is 8.33. The van der Waals surface area contributed by atoms with Gasteiger partial charge in [0.25, 0.3) is 0 Å². The molecule has 0 amide bonds. The molecule has 17 heavy (non-hydrogen) atoms. The zero-order valence-corrected chi connectivity index (χ0v) is 11.8. The van der Waals surface area contributed by atoms with Crippen LogP contribution in [0.3, 0.4) is 0 Å². The van der Waals surface area contributed by atoms with Gasteiger partial charge in [0.1, 0.15) is 0 Å². The predicted molar refractivity (Wildman–Crippen MR) is 77.0 cm³/mol. The highest BCUT2D eigenvalue weighted by Gasteiger charge is 1.94. The first-order valence-corrected chi connectivity index (χ1v) is 7.47. The van der Waals surface area contributed by atoms with E-state index in [1.807, 2.05) is 30.8 Å².